The maximum absolute atomic E-state index is 4.44. The predicted octanol–water partition coefficient (Wildman–Crippen LogP) is 6.68. The molecule has 2 aromatic rings. The number of rotatable bonds is 3. The molecular formula is C22H22N2S2. The Hall–Kier alpha value is -2.17. The summed E-state index contributed by atoms with van der Waals surface area (Å²) in [5.41, 5.74) is 6.79. The SMILES string of the molecule is C=C(C)S/C(=N\C)SC1=C(c2ccccc2)c2cc(C)ccc2NC1=C. The molecule has 2 nitrogen and oxygen atoms in total. The van der Waals surface area contributed by atoms with Gasteiger partial charge in [0.1, 0.15) is 4.38 Å². The lowest BCUT2D eigenvalue weighted by Crippen LogP contribution is -2.12. The number of thioether (sulfide) groups is 2. The van der Waals surface area contributed by atoms with Gasteiger partial charge in [-0.1, -0.05) is 78.6 Å². The number of fused-ring (bicyclic) bond motifs is 1. The normalized spacial score (nSPS) is 14.1. The summed E-state index contributed by atoms with van der Waals surface area (Å²) in [6.45, 7) is 12.4. The highest BCUT2D eigenvalue weighted by Crippen LogP contribution is 2.45. The Kier molecular flexibility index (Phi) is 5.74. The van der Waals surface area contributed by atoms with Crippen LogP contribution >= 0.6 is 23.5 Å². The van der Waals surface area contributed by atoms with Crippen LogP contribution in [0.2, 0.25) is 0 Å². The fraction of sp³-hybridized carbons (Fsp3) is 0.136. The minimum Gasteiger partial charge on any atom is -0.355 e. The summed E-state index contributed by atoms with van der Waals surface area (Å²) >= 11 is 3.24. The lowest BCUT2D eigenvalue weighted by molar-refractivity contribution is 1.36. The largest absolute Gasteiger partial charge is 0.355 e. The molecule has 0 bridgehead atoms. The van der Waals surface area contributed by atoms with Gasteiger partial charge in [0.05, 0.1) is 0 Å². The number of benzene rings is 2. The summed E-state index contributed by atoms with van der Waals surface area (Å²) in [4.78, 5) is 6.56. The first-order chi connectivity index (χ1) is 12.5. The van der Waals surface area contributed by atoms with Gasteiger partial charge in [0.25, 0.3) is 0 Å². The molecule has 0 unspecified atom stereocenters. The van der Waals surface area contributed by atoms with Crippen molar-refractivity contribution in [2.45, 2.75) is 13.8 Å². The van der Waals surface area contributed by atoms with Crippen LogP contribution in [0.25, 0.3) is 5.57 Å². The molecule has 26 heavy (non-hydrogen) atoms. The molecule has 0 aromatic heterocycles. The zero-order chi connectivity index (χ0) is 18.7. The van der Waals surface area contributed by atoms with Gasteiger partial charge >= 0.3 is 0 Å². The molecule has 0 amide bonds. The summed E-state index contributed by atoms with van der Waals surface area (Å²) < 4.78 is 0.958. The lowest BCUT2D eigenvalue weighted by Gasteiger charge is -2.27. The molecule has 0 atom stereocenters. The van der Waals surface area contributed by atoms with Crippen molar-refractivity contribution < 1.29 is 0 Å². The average molecular weight is 379 g/mol. The van der Waals surface area contributed by atoms with E-state index < -0.39 is 0 Å². The molecule has 0 saturated heterocycles. The van der Waals surface area contributed by atoms with E-state index in [-0.39, 0.29) is 0 Å². The Balaban J connectivity index is 2.20. The van der Waals surface area contributed by atoms with Gasteiger partial charge in [-0.2, -0.15) is 0 Å². The number of aryl methyl sites for hydroxylation is 1. The molecule has 0 aliphatic carbocycles. The summed E-state index contributed by atoms with van der Waals surface area (Å²) in [5, 5.41) is 3.46. The minimum atomic E-state index is 0.897. The van der Waals surface area contributed by atoms with Crippen LogP contribution in [0, 0.1) is 6.92 Å². The number of allylic oxidation sites excluding steroid dienone is 1. The van der Waals surface area contributed by atoms with Gasteiger partial charge in [-0.25, -0.2) is 0 Å². The highest BCUT2D eigenvalue weighted by atomic mass is 32.2. The third-order valence-electron chi connectivity index (χ3n) is 3.93. The van der Waals surface area contributed by atoms with Crippen LogP contribution in [0.15, 0.2) is 82.2 Å². The Morgan fingerprint density at radius 1 is 1.12 bits per heavy atom. The molecule has 1 aliphatic heterocycles. The number of nitrogens with zero attached hydrogens (tertiary/aromatic N) is 1. The number of nitrogens with one attached hydrogen (secondary N) is 1. The van der Waals surface area contributed by atoms with E-state index in [2.05, 4.69) is 72.9 Å². The molecule has 0 spiro atoms. The van der Waals surface area contributed by atoms with Crippen molar-refractivity contribution in [3.63, 3.8) is 0 Å². The summed E-state index contributed by atoms with van der Waals surface area (Å²) in [6.07, 6.45) is 0. The molecule has 1 N–H and O–H groups in total. The molecule has 0 saturated carbocycles. The number of anilines is 1. The number of hydrogen-bond acceptors (Lipinski definition) is 4. The highest BCUT2D eigenvalue weighted by molar-refractivity contribution is 8.41. The second-order valence-electron chi connectivity index (χ2n) is 6.12. The second kappa shape index (κ2) is 8.02. The standard InChI is InChI=1S/C22H22N2S2/c1-14(2)25-22(23-5)26-21-16(4)24-19-12-11-15(3)13-18(19)20(21)17-9-7-6-8-10-17/h6-13,24H,1,4H2,2-3,5H3/b23-22+. The first-order valence-electron chi connectivity index (χ1n) is 8.34. The Morgan fingerprint density at radius 2 is 1.85 bits per heavy atom. The molecule has 0 fully saturated rings. The van der Waals surface area contributed by atoms with Gasteiger partial charge in [0, 0.05) is 34.5 Å². The van der Waals surface area contributed by atoms with Crippen molar-refractivity contribution in [3.8, 4) is 0 Å². The first-order valence-corrected chi connectivity index (χ1v) is 9.98. The van der Waals surface area contributed by atoms with E-state index in [1.165, 1.54) is 22.3 Å². The lowest BCUT2D eigenvalue weighted by atomic mass is 9.92. The van der Waals surface area contributed by atoms with E-state index in [1.54, 1.807) is 23.5 Å². The van der Waals surface area contributed by atoms with E-state index in [9.17, 15) is 0 Å². The molecule has 1 heterocycles. The predicted molar refractivity (Wildman–Crippen MR) is 120 cm³/mol. The van der Waals surface area contributed by atoms with Crippen molar-refractivity contribution in [2.24, 2.45) is 4.99 Å². The van der Waals surface area contributed by atoms with Crippen LogP contribution in [-0.4, -0.2) is 11.4 Å². The van der Waals surface area contributed by atoms with Crippen molar-refractivity contribution >= 4 is 39.2 Å². The minimum absolute atomic E-state index is 0.897. The molecule has 132 valence electrons. The van der Waals surface area contributed by atoms with Crippen molar-refractivity contribution in [1.29, 1.82) is 0 Å². The van der Waals surface area contributed by atoms with Crippen LogP contribution in [0.4, 0.5) is 5.69 Å². The molecule has 1 aliphatic rings. The summed E-state index contributed by atoms with van der Waals surface area (Å²) in [6, 6.07) is 17.0. The van der Waals surface area contributed by atoms with Crippen LogP contribution in [-0.2, 0) is 0 Å². The molecule has 0 radical (unpaired) electrons. The van der Waals surface area contributed by atoms with Crippen LogP contribution in [0.1, 0.15) is 23.6 Å². The number of aliphatic imine (C=N–C) groups is 1. The van der Waals surface area contributed by atoms with Gasteiger partial charge < -0.3 is 5.32 Å². The van der Waals surface area contributed by atoms with Crippen molar-refractivity contribution in [1.82, 2.24) is 0 Å². The summed E-state index contributed by atoms with van der Waals surface area (Å²) in [5.74, 6) is 0. The highest BCUT2D eigenvalue weighted by Gasteiger charge is 2.24. The van der Waals surface area contributed by atoms with Crippen molar-refractivity contribution in [2.75, 3.05) is 12.4 Å². The quantitative estimate of drug-likeness (QED) is 0.476. The zero-order valence-corrected chi connectivity index (χ0v) is 16.9. The van der Waals surface area contributed by atoms with Crippen LogP contribution < -0.4 is 5.32 Å². The summed E-state index contributed by atoms with van der Waals surface area (Å²) in [7, 11) is 1.82. The van der Waals surface area contributed by atoms with Gasteiger partial charge in [0.2, 0.25) is 0 Å². The van der Waals surface area contributed by atoms with E-state index >= 15 is 0 Å². The third kappa shape index (κ3) is 3.97. The van der Waals surface area contributed by atoms with Gasteiger partial charge in [-0.15, -0.1) is 0 Å². The molecular weight excluding hydrogens is 356 g/mol. The fourth-order valence-corrected chi connectivity index (χ4v) is 4.82. The molecule has 2 aromatic carbocycles. The molecule has 4 heteroatoms. The smallest absolute Gasteiger partial charge is 0.133 e. The fourth-order valence-electron chi connectivity index (χ4n) is 2.82. The van der Waals surface area contributed by atoms with E-state index in [1.807, 2.05) is 20.0 Å². The first kappa shape index (κ1) is 18.6. The Morgan fingerprint density at radius 3 is 2.50 bits per heavy atom. The van der Waals surface area contributed by atoms with E-state index in [0.717, 1.165) is 25.6 Å². The maximum atomic E-state index is 4.44. The average Bonchev–Trinajstić information content (AvgIpc) is 2.62. The van der Waals surface area contributed by atoms with Crippen molar-refractivity contribution in [3.05, 3.63) is 93.9 Å². The van der Waals surface area contributed by atoms with E-state index in [0.29, 0.717) is 0 Å². The molecule has 3 rings (SSSR count). The third-order valence-corrected chi connectivity index (χ3v) is 6.14. The Labute approximate surface area is 164 Å². The van der Waals surface area contributed by atoms with Crippen LogP contribution in [0.3, 0.4) is 0 Å². The van der Waals surface area contributed by atoms with E-state index in [4.69, 9.17) is 0 Å². The monoisotopic (exact) mass is 378 g/mol. The maximum Gasteiger partial charge on any atom is 0.133 e. The topological polar surface area (TPSA) is 24.4 Å². The van der Waals surface area contributed by atoms with Crippen LogP contribution in [0.5, 0.6) is 0 Å². The second-order valence-corrected chi connectivity index (χ2v) is 8.66. The Bertz CT molecular complexity index is 924. The zero-order valence-electron chi connectivity index (χ0n) is 15.3. The number of hydrogen-bond donors (Lipinski definition) is 1. The van der Waals surface area contributed by atoms with Gasteiger partial charge in [0.15, 0.2) is 0 Å². The van der Waals surface area contributed by atoms with Gasteiger partial charge in [-0.05, 0) is 36.4 Å². The van der Waals surface area contributed by atoms with Gasteiger partial charge in [-0.3, -0.25) is 4.99 Å².